The van der Waals surface area contributed by atoms with Crippen LogP contribution in [0.2, 0.25) is 0 Å². The lowest BCUT2D eigenvalue weighted by molar-refractivity contribution is -0.117. The molecule has 1 fully saturated rings. The van der Waals surface area contributed by atoms with Crippen molar-refractivity contribution in [1.82, 2.24) is 14.8 Å². The monoisotopic (exact) mass is 462 g/mol. The van der Waals surface area contributed by atoms with Crippen LogP contribution in [0.25, 0.3) is 6.08 Å². The number of carbonyl (C=O) groups excluding carboxylic acids is 1. The number of piperidine rings is 1. The third kappa shape index (κ3) is 6.16. The van der Waals surface area contributed by atoms with E-state index in [2.05, 4.69) is 52.9 Å². The molecule has 1 aliphatic rings. The van der Waals surface area contributed by atoms with Crippen molar-refractivity contribution in [2.75, 3.05) is 20.3 Å². The van der Waals surface area contributed by atoms with Crippen molar-refractivity contribution < 1.29 is 9.53 Å². The van der Waals surface area contributed by atoms with E-state index in [1.807, 2.05) is 26.0 Å². The second-order valence-electron chi connectivity index (χ2n) is 9.44. The Labute approximate surface area is 204 Å². The molecule has 1 aromatic heterocycles. The van der Waals surface area contributed by atoms with Gasteiger partial charge in [0.05, 0.1) is 12.6 Å². The van der Waals surface area contributed by atoms with Gasteiger partial charge in [0, 0.05) is 37.6 Å². The van der Waals surface area contributed by atoms with Gasteiger partial charge in [-0.3, -0.25) is 9.69 Å². The molecule has 2 heterocycles. The molecule has 1 aliphatic heterocycles. The van der Waals surface area contributed by atoms with E-state index >= 15 is 0 Å². The first kappa shape index (κ1) is 25.7. The summed E-state index contributed by atoms with van der Waals surface area (Å²) in [5.74, 6) is -0.349. The van der Waals surface area contributed by atoms with Crippen LogP contribution in [0.5, 0.6) is 0 Å². The van der Waals surface area contributed by atoms with Crippen LogP contribution in [-0.4, -0.2) is 41.7 Å². The smallest absolute Gasteiger partial charge is 0.262 e. The molecule has 34 heavy (non-hydrogen) atoms. The van der Waals surface area contributed by atoms with E-state index in [4.69, 9.17) is 4.74 Å². The highest BCUT2D eigenvalue weighted by molar-refractivity contribution is 6.01. The topological polar surface area (TPSA) is 70.3 Å². The molecule has 1 N–H and O–H groups in total. The maximum Gasteiger partial charge on any atom is 0.262 e. The standard InChI is InChI=1S/C28H38N4O2/c1-20-10-8-9-13-31(20)18-25-12-7-6-11-24(25)17-30-28(33)27(16-29)15-26-14-21(2)32(23(26)4)22(3)19-34-5/h6-7,11-12,14-15,20,22H,8-10,13,17-19H2,1-5H3,(H,30,33)/b27-15-. The zero-order valence-corrected chi connectivity index (χ0v) is 21.2. The third-order valence-corrected chi connectivity index (χ3v) is 6.91. The van der Waals surface area contributed by atoms with E-state index in [-0.39, 0.29) is 17.5 Å². The van der Waals surface area contributed by atoms with Crippen LogP contribution in [0.15, 0.2) is 35.9 Å². The Morgan fingerprint density at radius 2 is 2.03 bits per heavy atom. The summed E-state index contributed by atoms with van der Waals surface area (Å²) in [6.07, 6.45) is 5.46. The van der Waals surface area contributed by atoms with Crippen LogP contribution in [0.1, 0.15) is 67.2 Å². The molecule has 2 unspecified atom stereocenters. The number of benzene rings is 1. The number of aromatic nitrogens is 1. The fraction of sp³-hybridized carbons (Fsp3) is 0.500. The average molecular weight is 463 g/mol. The molecule has 0 aliphatic carbocycles. The zero-order valence-electron chi connectivity index (χ0n) is 21.2. The van der Waals surface area contributed by atoms with Crippen LogP contribution in [0.3, 0.4) is 0 Å². The van der Waals surface area contributed by atoms with Crippen molar-refractivity contribution in [3.8, 4) is 6.07 Å². The molecule has 1 saturated heterocycles. The summed E-state index contributed by atoms with van der Waals surface area (Å²) in [4.78, 5) is 15.4. The van der Waals surface area contributed by atoms with Gasteiger partial charge in [-0.15, -0.1) is 0 Å². The van der Waals surface area contributed by atoms with Gasteiger partial charge in [0.1, 0.15) is 11.6 Å². The fourth-order valence-corrected chi connectivity index (χ4v) is 5.01. The van der Waals surface area contributed by atoms with E-state index in [0.29, 0.717) is 19.2 Å². The SMILES string of the molecule is COCC(C)n1c(C)cc(/C=C(/C#N)C(=O)NCc2ccccc2CN2CCCCC2C)c1C. The Hall–Kier alpha value is -2.88. The second kappa shape index (κ2) is 12.0. The van der Waals surface area contributed by atoms with E-state index in [1.165, 1.54) is 24.8 Å². The lowest BCUT2D eigenvalue weighted by Gasteiger charge is -2.33. The summed E-state index contributed by atoms with van der Waals surface area (Å²) in [7, 11) is 1.69. The normalized spacial score (nSPS) is 17.9. The van der Waals surface area contributed by atoms with Crippen molar-refractivity contribution in [3.05, 3.63) is 64.0 Å². The zero-order chi connectivity index (χ0) is 24.7. The molecule has 6 heteroatoms. The average Bonchev–Trinajstić information content (AvgIpc) is 3.10. The Morgan fingerprint density at radius 1 is 1.29 bits per heavy atom. The molecule has 1 amide bonds. The van der Waals surface area contributed by atoms with Gasteiger partial charge >= 0.3 is 0 Å². The summed E-state index contributed by atoms with van der Waals surface area (Å²) in [5, 5.41) is 12.7. The minimum atomic E-state index is -0.349. The van der Waals surface area contributed by atoms with Crippen LogP contribution in [-0.2, 0) is 22.6 Å². The maximum atomic E-state index is 12.9. The quantitative estimate of drug-likeness (QED) is 0.425. The predicted octanol–water partition coefficient (Wildman–Crippen LogP) is 4.91. The number of rotatable bonds is 9. The maximum absolute atomic E-state index is 12.9. The fourth-order valence-electron chi connectivity index (χ4n) is 5.01. The van der Waals surface area contributed by atoms with Crippen LogP contribution in [0, 0.1) is 25.2 Å². The van der Waals surface area contributed by atoms with Crippen molar-refractivity contribution in [1.29, 1.82) is 5.26 Å². The first-order valence-corrected chi connectivity index (χ1v) is 12.2. The van der Waals surface area contributed by atoms with E-state index in [9.17, 15) is 10.1 Å². The lowest BCUT2D eigenvalue weighted by atomic mass is 10.0. The van der Waals surface area contributed by atoms with E-state index < -0.39 is 0 Å². The molecule has 182 valence electrons. The summed E-state index contributed by atoms with van der Waals surface area (Å²) in [5.41, 5.74) is 5.41. The van der Waals surface area contributed by atoms with Crippen molar-refractivity contribution in [3.63, 3.8) is 0 Å². The number of amides is 1. The van der Waals surface area contributed by atoms with E-state index in [1.54, 1.807) is 13.2 Å². The van der Waals surface area contributed by atoms with Gasteiger partial charge in [-0.05, 0) is 75.9 Å². The van der Waals surface area contributed by atoms with Gasteiger partial charge in [0.2, 0.25) is 0 Å². The molecule has 0 bridgehead atoms. The summed E-state index contributed by atoms with van der Waals surface area (Å²) in [6.45, 7) is 11.4. The van der Waals surface area contributed by atoms with Gasteiger partial charge in [-0.25, -0.2) is 0 Å². The molecule has 0 radical (unpaired) electrons. The molecular formula is C28H38N4O2. The molecule has 3 rings (SSSR count). The van der Waals surface area contributed by atoms with Crippen LogP contribution >= 0.6 is 0 Å². The number of likely N-dealkylation sites (tertiary alicyclic amines) is 1. The van der Waals surface area contributed by atoms with Gasteiger partial charge in [-0.2, -0.15) is 5.26 Å². The summed E-state index contributed by atoms with van der Waals surface area (Å²) >= 11 is 0. The first-order chi connectivity index (χ1) is 16.3. The number of hydrogen-bond donors (Lipinski definition) is 1. The van der Waals surface area contributed by atoms with Gasteiger partial charge in [0.25, 0.3) is 5.91 Å². The van der Waals surface area contributed by atoms with Gasteiger partial charge in [0.15, 0.2) is 0 Å². The molecule has 6 nitrogen and oxygen atoms in total. The number of nitriles is 1. The predicted molar refractivity (Wildman–Crippen MR) is 136 cm³/mol. The van der Waals surface area contributed by atoms with Crippen molar-refractivity contribution >= 4 is 12.0 Å². The van der Waals surface area contributed by atoms with E-state index in [0.717, 1.165) is 35.6 Å². The second-order valence-corrected chi connectivity index (χ2v) is 9.44. The number of nitrogens with one attached hydrogen (secondary N) is 1. The molecule has 0 spiro atoms. The number of ether oxygens (including phenoxy) is 1. The summed E-state index contributed by atoms with van der Waals surface area (Å²) in [6, 6.07) is 13.1. The number of nitrogens with zero attached hydrogens (tertiary/aromatic N) is 3. The highest BCUT2D eigenvalue weighted by Gasteiger charge is 2.20. The third-order valence-electron chi connectivity index (χ3n) is 6.91. The highest BCUT2D eigenvalue weighted by atomic mass is 16.5. The number of carbonyl (C=O) groups is 1. The Bertz CT molecular complexity index is 1060. The lowest BCUT2D eigenvalue weighted by Crippen LogP contribution is -2.37. The highest BCUT2D eigenvalue weighted by Crippen LogP contribution is 2.23. The minimum absolute atomic E-state index is 0.113. The van der Waals surface area contributed by atoms with Gasteiger partial charge in [-0.1, -0.05) is 30.7 Å². The number of hydrogen-bond acceptors (Lipinski definition) is 4. The van der Waals surface area contributed by atoms with Crippen LogP contribution < -0.4 is 5.32 Å². The summed E-state index contributed by atoms with van der Waals surface area (Å²) < 4.78 is 7.48. The van der Waals surface area contributed by atoms with Crippen molar-refractivity contribution in [2.24, 2.45) is 0 Å². The Morgan fingerprint density at radius 3 is 2.71 bits per heavy atom. The molecule has 2 atom stereocenters. The number of methoxy groups -OCH3 is 1. The van der Waals surface area contributed by atoms with Gasteiger partial charge < -0.3 is 14.6 Å². The molecular weight excluding hydrogens is 424 g/mol. The first-order valence-electron chi connectivity index (χ1n) is 12.2. The van der Waals surface area contributed by atoms with Crippen LogP contribution in [0.4, 0.5) is 0 Å². The van der Waals surface area contributed by atoms with Crippen molar-refractivity contribution in [2.45, 2.75) is 72.1 Å². The molecule has 0 saturated carbocycles. The molecule has 2 aromatic rings. The number of aryl methyl sites for hydroxylation is 1. The Balaban J connectivity index is 1.72. The largest absolute Gasteiger partial charge is 0.383 e. The molecule has 1 aromatic carbocycles. The minimum Gasteiger partial charge on any atom is -0.383 e. The Kier molecular flexibility index (Phi) is 9.09.